The highest BCUT2D eigenvalue weighted by Crippen LogP contribution is 2.41. The van der Waals surface area contributed by atoms with Crippen molar-refractivity contribution in [2.24, 2.45) is 5.92 Å². The van der Waals surface area contributed by atoms with Gasteiger partial charge in [0.2, 0.25) is 0 Å². The van der Waals surface area contributed by atoms with Gasteiger partial charge >= 0.3 is 5.97 Å². The Bertz CT molecular complexity index is 762. The topological polar surface area (TPSA) is 79.5 Å². The number of benzene rings is 1. The Balaban J connectivity index is 1.83. The van der Waals surface area contributed by atoms with Crippen LogP contribution in [0.15, 0.2) is 34.9 Å². The number of carbonyl (C=O) groups excluding carboxylic acids is 1. The fourth-order valence-corrected chi connectivity index (χ4v) is 2.98. The average Bonchev–Trinajstić information content (AvgIpc) is 3.30. The minimum absolute atomic E-state index is 0.109. The highest BCUT2D eigenvalue weighted by atomic mass is 35.5. The first-order valence-electron chi connectivity index (χ1n) is 7.80. The molecule has 1 aromatic heterocycles. The van der Waals surface area contributed by atoms with Crippen LogP contribution in [0, 0.1) is 12.8 Å². The van der Waals surface area contributed by atoms with Crippen molar-refractivity contribution in [3.8, 4) is 0 Å². The van der Waals surface area contributed by atoms with Gasteiger partial charge in [-0.2, -0.15) is 0 Å². The zero-order chi connectivity index (χ0) is 17.3. The molecule has 2 N–H and O–H groups in total. The minimum atomic E-state index is -1.03. The van der Waals surface area contributed by atoms with Gasteiger partial charge in [0.25, 0.3) is 5.91 Å². The summed E-state index contributed by atoms with van der Waals surface area (Å²) < 4.78 is 5.25. The summed E-state index contributed by atoms with van der Waals surface area (Å²) in [4.78, 5) is 23.7. The van der Waals surface area contributed by atoms with Crippen LogP contribution in [0.1, 0.15) is 46.1 Å². The SMILES string of the molecule is Cc1coc(CC(=O)O)c1C(=O)NC(c1ccc(Cl)cc1)C1CC1. The summed E-state index contributed by atoms with van der Waals surface area (Å²) in [6.07, 6.45) is 3.22. The molecule has 5 nitrogen and oxygen atoms in total. The van der Waals surface area contributed by atoms with Gasteiger partial charge in [0.1, 0.15) is 12.2 Å². The average molecular weight is 348 g/mol. The fourth-order valence-electron chi connectivity index (χ4n) is 2.86. The number of furan rings is 1. The molecule has 126 valence electrons. The normalized spacial score (nSPS) is 15.1. The number of nitrogens with one attached hydrogen (secondary N) is 1. The number of aliphatic carboxylic acids is 1. The molecule has 0 saturated heterocycles. The standard InChI is InChI=1S/C18H18ClNO4/c1-10-9-24-14(8-15(21)22)16(10)18(23)20-17(11-2-3-11)12-4-6-13(19)7-5-12/h4-7,9,11,17H,2-3,8H2,1H3,(H,20,23)(H,21,22). The molecule has 0 bridgehead atoms. The number of hydrogen-bond donors (Lipinski definition) is 2. The second kappa shape index (κ2) is 6.69. The number of rotatable bonds is 6. The smallest absolute Gasteiger partial charge is 0.311 e. The van der Waals surface area contributed by atoms with E-state index in [1.165, 1.54) is 6.26 Å². The van der Waals surface area contributed by atoms with Gasteiger partial charge in [0, 0.05) is 10.6 Å². The molecule has 1 aliphatic carbocycles. The van der Waals surface area contributed by atoms with Gasteiger partial charge < -0.3 is 14.8 Å². The number of amides is 1. The second-order valence-electron chi connectivity index (χ2n) is 6.13. The predicted molar refractivity (Wildman–Crippen MR) is 89.2 cm³/mol. The summed E-state index contributed by atoms with van der Waals surface area (Å²) in [5, 5.41) is 12.6. The van der Waals surface area contributed by atoms with Crippen LogP contribution in [0.2, 0.25) is 5.02 Å². The number of hydrogen-bond acceptors (Lipinski definition) is 3. The van der Waals surface area contributed by atoms with E-state index in [0.717, 1.165) is 18.4 Å². The Labute approximate surface area is 144 Å². The molecular formula is C18H18ClNO4. The maximum Gasteiger partial charge on any atom is 0.311 e. The zero-order valence-electron chi connectivity index (χ0n) is 13.2. The van der Waals surface area contributed by atoms with Crippen LogP contribution in [0.5, 0.6) is 0 Å². The molecule has 1 aliphatic rings. The Morgan fingerprint density at radius 3 is 2.58 bits per heavy atom. The summed E-state index contributed by atoms with van der Waals surface area (Å²) in [5.74, 6) is -0.757. The van der Waals surface area contributed by atoms with Crippen molar-refractivity contribution in [2.45, 2.75) is 32.2 Å². The van der Waals surface area contributed by atoms with Crippen molar-refractivity contribution in [1.82, 2.24) is 5.32 Å². The Hall–Kier alpha value is -2.27. The lowest BCUT2D eigenvalue weighted by atomic mass is 10.0. The van der Waals surface area contributed by atoms with Crippen LogP contribution >= 0.6 is 11.6 Å². The monoisotopic (exact) mass is 347 g/mol. The molecule has 0 spiro atoms. The Kier molecular flexibility index (Phi) is 4.62. The lowest BCUT2D eigenvalue weighted by Crippen LogP contribution is -2.30. The maximum absolute atomic E-state index is 12.7. The molecule has 1 aromatic carbocycles. The van der Waals surface area contributed by atoms with Crippen LogP contribution in [0.4, 0.5) is 0 Å². The number of aryl methyl sites for hydroxylation is 1. The van der Waals surface area contributed by atoms with Gasteiger partial charge in [-0.05, 0) is 43.4 Å². The van der Waals surface area contributed by atoms with Crippen LogP contribution in [-0.2, 0) is 11.2 Å². The van der Waals surface area contributed by atoms with E-state index in [9.17, 15) is 9.59 Å². The quantitative estimate of drug-likeness (QED) is 0.834. The first kappa shape index (κ1) is 16.6. The van der Waals surface area contributed by atoms with Crippen molar-refractivity contribution < 1.29 is 19.1 Å². The molecule has 2 aromatic rings. The van der Waals surface area contributed by atoms with Gasteiger partial charge in [-0.15, -0.1) is 0 Å². The van der Waals surface area contributed by atoms with Crippen molar-refractivity contribution in [2.75, 3.05) is 0 Å². The van der Waals surface area contributed by atoms with E-state index in [1.807, 2.05) is 12.1 Å². The van der Waals surface area contributed by atoms with Gasteiger partial charge in [0.05, 0.1) is 17.9 Å². The molecule has 1 atom stereocenters. The van der Waals surface area contributed by atoms with Crippen LogP contribution in [-0.4, -0.2) is 17.0 Å². The van der Waals surface area contributed by atoms with E-state index >= 15 is 0 Å². The molecule has 1 saturated carbocycles. The number of carboxylic acid groups (broad SMARTS) is 1. The number of carboxylic acids is 1. The van der Waals surface area contributed by atoms with Crippen LogP contribution in [0.3, 0.4) is 0 Å². The molecule has 1 fully saturated rings. The maximum atomic E-state index is 12.7. The summed E-state index contributed by atoms with van der Waals surface area (Å²) in [7, 11) is 0. The molecule has 1 unspecified atom stereocenters. The van der Waals surface area contributed by atoms with Crippen LogP contribution < -0.4 is 5.32 Å². The molecule has 1 amide bonds. The summed E-state index contributed by atoms with van der Waals surface area (Å²) in [6.45, 7) is 1.73. The molecule has 1 heterocycles. The molecule has 6 heteroatoms. The largest absolute Gasteiger partial charge is 0.481 e. The molecule has 24 heavy (non-hydrogen) atoms. The first-order valence-corrected chi connectivity index (χ1v) is 8.18. The number of halogens is 1. The lowest BCUT2D eigenvalue weighted by molar-refractivity contribution is -0.136. The third kappa shape index (κ3) is 3.62. The van der Waals surface area contributed by atoms with Gasteiger partial charge in [-0.1, -0.05) is 23.7 Å². The zero-order valence-corrected chi connectivity index (χ0v) is 14.0. The summed E-state index contributed by atoms with van der Waals surface area (Å²) in [6, 6.07) is 7.31. The third-order valence-electron chi connectivity index (χ3n) is 4.20. The van der Waals surface area contributed by atoms with Crippen molar-refractivity contribution in [3.05, 3.63) is 58.0 Å². The highest BCUT2D eigenvalue weighted by Gasteiger charge is 2.34. The molecule has 0 radical (unpaired) electrons. The van der Waals surface area contributed by atoms with Crippen molar-refractivity contribution >= 4 is 23.5 Å². The number of carbonyl (C=O) groups is 2. The molecule has 0 aliphatic heterocycles. The van der Waals surface area contributed by atoms with E-state index in [4.69, 9.17) is 21.1 Å². The van der Waals surface area contributed by atoms with E-state index in [0.29, 0.717) is 22.1 Å². The Morgan fingerprint density at radius 1 is 1.33 bits per heavy atom. The van der Waals surface area contributed by atoms with Crippen molar-refractivity contribution in [1.29, 1.82) is 0 Å². The third-order valence-corrected chi connectivity index (χ3v) is 4.45. The lowest BCUT2D eigenvalue weighted by Gasteiger charge is -2.19. The Morgan fingerprint density at radius 2 is 2.00 bits per heavy atom. The van der Waals surface area contributed by atoms with Gasteiger partial charge in [-0.25, -0.2) is 0 Å². The van der Waals surface area contributed by atoms with E-state index < -0.39 is 5.97 Å². The first-order chi connectivity index (χ1) is 11.5. The van der Waals surface area contributed by atoms with Gasteiger partial charge in [-0.3, -0.25) is 9.59 Å². The fraction of sp³-hybridized carbons (Fsp3) is 0.333. The summed E-state index contributed by atoms with van der Waals surface area (Å²) in [5.41, 5.74) is 1.95. The second-order valence-corrected chi connectivity index (χ2v) is 6.56. The van der Waals surface area contributed by atoms with Gasteiger partial charge in [0.15, 0.2) is 0 Å². The molecular weight excluding hydrogens is 330 g/mol. The van der Waals surface area contributed by atoms with E-state index in [2.05, 4.69) is 5.32 Å². The summed E-state index contributed by atoms with van der Waals surface area (Å²) >= 11 is 5.93. The minimum Gasteiger partial charge on any atom is -0.481 e. The van der Waals surface area contributed by atoms with E-state index in [1.54, 1.807) is 19.1 Å². The van der Waals surface area contributed by atoms with Crippen LogP contribution in [0.25, 0.3) is 0 Å². The van der Waals surface area contributed by atoms with E-state index in [-0.39, 0.29) is 24.1 Å². The van der Waals surface area contributed by atoms with Crippen molar-refractivity contribution in [3.63, 3.8) is 0 Å². The highest BCUT2D eigenvalue weighted by molar-refractivity contribution is 6.30. The predicted octanol–water partition coefficient (Wildman–Crippen LogP) is 3.75. The molecule has 3 rings (SSSR count).